The van der Waals surface area contributed by atoms with Crippen LogP contribution in [0.25, 0.3) is 0 Å². The van der Waals surface area contributed by atoms with Crippen molar-refractivity contribution in [1.82, 2.24) is 0 Å². The molecular weight excluding hydrogens is 250 g/mol. The van der Waals surface area contributed by atoms with Crippen LogP contribution in [0, 0.1) is 20.8 Å². The number of methoxy groups -OCH3 is 1. The SMILES string of the molecule is COc1cc(C)cc(C)c1C(=O)c1ccc(C)c(N)c1. The Morgan fingerprint density at radius 1 is 1.05 bits per heavy atom. The summed E-state index contributed by atoms with van der Waals surface area (Å²) in [6.45, 7) is 5.81. The van der Waals surface area contributed by atoms with Gasteiger partial charge in [0.2, 0.25) is 0 Å². The monoisotopic (exact) mass is 269 g/mol. The van der Waals surface area contributed by atoms with Gasteiger partial charge in [-0.1, -0.05) is 18.2 Å². The third-order valence-corrected chi connectivity index (χ3v) is 3.43. The summed E-state index contributed by atoms with van der Waals surface area (Å²) < 4.78 is 5.35. The van der Waals surface area contributed by atoms with Crippen molar-refractivity contribution in [1.29, 1.82) is 0 Å². The van der Waals surface area contributed by atoms with E-state index in [-0.39, 0.29) is 5.78 Å². The summed E-state index contributed by atoms with van der Waals surface area (Å²) >= 11 is 0. The molecule has 0 fully saturated rings. The first kappa shape index (κ1) is 14.1. The lowest BCUT2D eigenvalue weighted by atomic mass is 9.95. The summed E-state index contributed by atoms with van der Waals surface area (Å²) in [5.41, 5.74) is 10.6. The van der Waals surface area contributed by atoms with E-state index in [1.54, 1.807) is 19.2 Å². The molecule has 0 aromatic heterocycles. The van der Waals surface area contributed by atoms with Gasteiger partial charge in [-0.25, -0.2) is 0 Å². The molecule has 2 N–H and O–H groups in total. The lowest BCUT2D eigenvalue weighted by molar-refractivity contribution is 0.103. The standard InChI is InChI=1S/C17H19NO2/c1-10-7-12(3)16(15(8-10)20-4)17(19)13-6-5-11(2)14(18)9-13/h5-9H,18H2,1-4H3. The fourth-order valence-electron chi connectivity index (χ4n) is 2.31. The van der Waals surface area contributed by atoms with Crippen molar-refractivity contribution in [2.75, 3.05) is 12.8 Å². The molecule has 0 spiro atoms. The molecule has 0 radical (unpaired) electrons. The van der Waals surface area contributed by atoms with E-state index in [1.807, 2.05) is 39.0 Å². The zero-order valence-electron chi connectivity index (χ0n) is 12.3. The van der Waals surface area contributed by atoms with Gasteiger partial charge in [0.05, 0.1) is 12.7 Å². The van der Waals surface area contributed by atoms with Gasteiger partial charge in [-0.05, 0) is 49.6 Å². The van der Waals surface area contributed by atoms with E-state index in [0.29, 0.717) is 22.6 Å². The van der Waals surface area contributed by atoms with Crippen LogP contribution in [0.5, 0.6) is 5.75 Å². The number of rotatable bonds is 3. The number of carbonyl (C=O) groups excluding carboxylic acids is 1. The summed E-state index contributed by atoms with van der Waals surface area (Å²) in [5, 5.41) is 0. The van der Waals surface area contributed by atoms with Crippen molar-refractivity contribution >= 4 is 11.5 Å². The third-order valence-electron chi connectivity index (χ3n) is 3.43. The normalized spacial score (nSPS) is 10.4. The first-order valence-electron chi connectivity index (χ1n) is 6.50. The van der Waals surface area contributed by atoms with Gasteiger partial charge in [0.15, 0.2) is 5.78 Å². The zero-order valence-corrected chi connectivity index (χ0v) is 12.3. The molecule has 2 aromatic rings. The van der Waals surface area contributed by atoms with E-state index in [4.69, 9.17) is 10.5 Å². The fourth-order valence-corrected chi connectivity index (χ4v) is 2.31. The number of ether oxygens (including phenoxy) is 1. The van der Waals surface area contributed by atoms with E-state index in [9.17, 15) is 4.79 Å². The Balaban J connectivity index is 2.55. The molecule has 0 unspecified atom stereocenters. The van der Waals surface area contributed by atoms with E-state index in [2.05, 4.69) is 0 Å². The number of hydrogen-bond donors (Lipinski definition) is 1. The fraction of sp³-hybridized carbons (Fsp3) is 0.235. The van der Waals surface area contributed by atoms with Crippen LogP contribution in [0.3, 0.4) is 0 Å². The van der Waals surface area contributed by atoms with Gasteiger partial charge in [-0.15, -0.1) is 0 Å². The molecule has 2 rings (SSSR count). The second-order valence-corrected chi connectivity index (χ2v) is 5.06. The molecule has 3 heteroatoms. The van der Waals surface area contributed by atoms with Crippen molar-refractivity contribution < 1.29 is 9.53 Å². The molecule has 2 aromatic carbocycles. The minimum atomic E-state index is -0.0638. The predicted molar refractivity (Wildman–Crippen MR) is 81.5 cm³/mol. The summed E-state index contributed by atoms with van der Waals surface area (Å²) in [6.07, 6.45) is 0. The van der Waals surface area contributed by atoms with Crippen molar-refractivity contribution in [3.8, 4) is 5.75 Å². The Morgan fingerprint density at radius 3 is 2.35 bits per heavy atom. The molecular formula is C17H19NO2. The smallest absolute Gasteiger partial charge is 0.197 e. The number of carbonyl (C=O) groups is 1. The molecule has 0 heterocycles. The van der Waals surface area contributed by atoms with Gasteiger partial charge >= 0.3 is 0 Å². The second kappa shape index (κ2) is 5.37. The number of aryl methyl sites for hydroxylation is 3. The number of ketones is 1. The average Bonchev–Trinajstić information content (AvgIpc) is 2.40. The highest BCUT2D eigenvalue weighted by atomic mass is 16.5. The molecule has 0 amide bonds. The second-order valence-electron chi connectivity index (χ2n) is 5.06. The van der Waals surface area contributed by atoms with Crippen molar-refractivity contribution in [2.45, 2.75) is 20.8 Å². The molecule has 0 saturated carbocycles. The van der Waals surface area contributed by atoms with Crippen LogP contribution in [0.4, 0.5) is 5.69 Å². The summed E-state index contributed by atoms with van der Waals surface area (Å²) in [5.74, 6) is 0.540. The number of hydrogen-bond acceptors (Lipinski definition) is 3. The predicted octanol–water partition coefficient (Wildman–Crippen LogP) is 3.43. The Kier molecular flexibility index (Phi) is 3.79. The lowest BCUT2D eigenvalue weighted by Gasteiger charge is -2.13. The minimum Gasteiger partial charge on any atom is -0.496 e. The average molecular weight is 269 g/mol. The maximum atomic E-state index is 12.7. The first-order chi connectivity index (χ1) is 9.43. The van der Waals surface area contributed by atoms with Crippen LogP contribution in [-0.4, -0.2) is 12.9 Å². The maximum Gasteiger partial charge on any atom is 0.197 e. The zero-order chi connectivity index (χ0) is 14.9. The molecule has 0 aliphatic rings. The van der Waals surface area contributed by atoms with E-state index in [1.165, 1.54) is 0 Å². The maximum absolute atomic E-state index is 12.7. The molecule has 3 nitrogen and oxygen atoms in total. The summed E-state index contributed by atoms with van der Waals surface area (Å²) in [4.78, 5) is 12.7. The largest absolute Gasteiger partial charge is 0.496 e. The number of nitrogen functional groups attached to an aromatic ring is 1. The Bertz CT molecular complexity index is 675. The highest BCUT2D eigenvalue weighted by molar-refractivity contribution is 6.12. The Labute approximate surface area is 119 Å². The van der Waals surface area contributed by atoms with Gasteiger partial charge in [-0.3, -0.25) is 4.79 Å². The first-order valence-corrected chi connectivity index (χ1v) is 6.50. The highest BCUT2D eigenvalue weighted by Gasteiger charge is 2.18. The molecule has 0 bridgehead atoms. The van der Waals surface area contributed by atoms with E-state index < -0.39 is 0 Å². The third kappa shape index (κ3) is 2.52. The Morgan fingerprint density at radius 2 is 1.75 bits per heavy atom. The molecule has 0 aliphatic carbocycles. The van der Waals surface area contributed by atoms with Crippen LogP contribution in [0.1, 0.15) is 32.6 Å². The molecule has 20 heavy (non-hydrogen) atoms. The van der Waals surface area contributed by atoms with Crippen LogP contribution in [0.15, 0.2) is 30.3 Å². The van der Waals surface area contributed by atoms with Gasteiger partial charge in [0.25, 0.3) is 0 Å². The van der Waals surface area contributed by atoms with Crippen LogP contribution < -0.4 is 10.5 Å². The summed E-state index contributed by atoms with van der Waals surface area (Å²) in [7, 11) is 1.58. The van der Waals surface area contributed by atoms with Crippen molar-refractivity contribution in [3.05, 3.63) is 58.1 Å². The molecule has 0 atom stereocenters. The van der Waals surface area contributed by atoms with Crippen molar-refractivity contribution in [2.24, 2.45) is 0 Å². The highest BCUT2D eigenvalue weighted by Crippen LogP contribution is 2.27. The van der Waals surface area contributed by atoms with E-state index >= 15 is 0 Å². The summed E-state index contributed by atoms with van der Waals surface area (Å²) in [6, 6.07) is 9.23. The van der Waals surface area contributed by atoms with Crippen LogP contribution in [0.2, 0.25) is 0 Å². The van der Waals surface area contributed by atoms with E-state index in [0.717, 1.165) is 16.7 Å². The molecule has 104 valence electrons. The van der Waals surface area contributed by atoms with Crippen LogP contribution in [-0.2, 0) is 0 Å². The topological polar surface area (TPSA) is 52.3 Å². The van der Waals surface area contributed by atoms with Gasteiger partial charge < -0.3 is 10.5 Å². The van der Waals surface area contributed by atoms with Gasteiger partial charge in [0.1, 0.15) is 5.75 Å². The molecule has 0 aliphatic heterocycles. The number of anilines is 1. The lowest BCUT2D eigenvalue weighted by Crippen LogP contribution is -2.08. The Hall–Kier alpha value is -2.29. The minimum absolute atomic E-state index is 0.0638. The quantitative estimate of drug-likeness (QED) is 0.686. The van der Waals surface area contributed by atoms with Crippen molar-refractivity contribution in [3.63, 3.8) is 0 Å². The number of nitrogens with two attached hydrogens (primary N) is 1. The molecule has 0 saturated heterocycles. The number of benzene rings is 2. The van der Waals surface area contributed by atoms with Gasteiger partial charge in [0, 0.05) is 11.3 Å². The van der Waals surface area contributed by atoms with Crippen LogP contribution >= 0.6 is 0 Å². The van der Waals surface area contributed by atoms with Gasteiger partial charge in [-0.2, -0.15) is 0 Å².